The van der Waals surface area contributed by atoms with Gasteiger partial charge in [-0.1, -0.05) is 18.2 Å². The van der Waals surface area contributed by atoms with Crippen LogP contribution in [0.3, 0.4) is 0 Å². The summed E-state index contributed by atoms with van der Waals surface area (Å²) in [4.78, 5) is 23.6. The van der Waals surface area contributed by atoms with Gasteiger partial charge in [0.05, 0.1) is 12.6 Å². The molecule has 0 bridgehead atoms. The first kappa shape index (κ1) is 14.7. The number of aromatic nitrogens is 3. The van der Waals surface area contributed by atoms with E-state index >= 15 is 0 Å². The summed E-state index contributed by atoms with van der Waals surface area (Å²) in [5, 5.41) is 13.0. The average Bonchev–Trinajstić information content (AvgIpc) is 2.92. The first-order valence-corrected chi connectivity index (χ1v) is 6.54. The summed E-state index contributed by atoms with van der Waals surface area (Å²) in [7, 11) is 1.80. The Morgan fingerprint density at radius 1 is 1.29 bits per heavy atom. The van der Waals surface area contributed by atoms with Crippen molar-refractivity contribution in [1.29, 1.82) is 0 Å². The topological polar surface area (TPSA) is 88.9 Å². The van der Waals surface area contributed by atoms with Crippen molar-refractivity contribution in [2.45, 2.75) is 13.0 Å². The van der Waals surface area contributed by atoms with Gasteiger partial charge in [0, 0.05) is 12.6 Å². The van der Waals surface area contributed by atoms with Gasteiger partial charge >= 0.3 is 0 Å². The van der Waals surface area contributed by atoms with Crippen molar-refractivity contribution in [3.05, 3.63) is 48.0 Å². The molecule has 2 N–H and O–H groups in total. The van der Waals surface area contributed by atoms with Crippen molar-refractivity contribution < 1.29 is 9.59 Å². The molecule has 0 fully saturated rings. The number of aryl methyl sites for hydroxylation is 1. The molecule has 0 aliphatic heterocycles. The molecule has 2 rings (SSSR count). The minimum atomic E-state index is -0.283. The minimum Gasteiger partial charge on any atom is -0.345 e. The van der Waals surface area contributed by atoms with Crippen molar-refractivity contribution in [2.75, 3.05) is 6.54 Å². The highest BCUT2D eigenvalue weighted by Crippen LogP contribution is 2.06. The first-order chi connectivity index (χ1) is 10.1. The third-order valence-corrected chi connectivity index (χ3v) is 2.96. The quantitative estimate of drug-likeness (QED) is 0.834. The summed E-state index contributed by atoms with van der Waals surface area (Å²) in [6.07, 6.45) is 1.56. The van der Waals surface area contributed by atoms with Crippen molar-refractivity contribution in [3.63, 3.8) is 0 Å². The Hall–Kier alpha value is -2.70. The van der Waals surface area contributed by atoms with E-state index in [0.29, 0.717) is 11.4 Å². The maximum absolute atomic E-state index is 11.8. The van der Waals surface area contributed by atoms with Crippen LogP contribution in [0.1, 0.15) is 29.1 Å². The van der Waals surface area contributed by atoms with Crippen LogP contribution in [0.2, 0.25) is 0 Å². The van der Waals surface area contributed by atoms with E-state index in [9.17, 15) is 9.59 Å². The standard InChI is InChI=1S/C14H17N5O2/c1-10(13-18-16-9-19(13)2)17-12(20)8-15-14(21)11-6-4-3-5-7-11/h3-7,9-10H,8H2,1-2H3,(H,15,21)(H,17,20)/t10-/m1/s1. The number of carbonyl (C=O) groups excluding carboxylic acids is 2. The van der Waals surface area contributed by atoms with E-state index < -0.39 is 0 Å². The van der Waals surface area contributed by atoms with E-state index in [1.54, 1.807) is 49.1 Å². The second kappa shape index (κ2) is 6.65. The van der Waals surface area contributed by atoms with Crippen LogP contribution in [-0.4, -0.2) is 33.1 Å². The molecule has 0 saturated heterocycles. The lowest BCUT2D eigenvalue weighted by Gasteiger charge is -2.13. The molecular formula is C14H17N5O2. The molecule has 1 aromatic heterocycles. The van der Waals surface area contributed by atoms with E-state index in [2.05, 4.69) is 20.8 Å². The van der Waals surface area contributed by atoms with E-state index in [1.807, 2.05) is 6.07 Å². The first-order valence-electron chi connectivity index (χ1n) is 6.54. The predicted octanol–water partition coefficient (Wildman–Crippen LogP) is 0.422. The number of nitrogens with zero attached hydrogens (tertiary/aromatic N) is 3. The van der Waals surface area contributed by atoms with Crippen molar-refractivity contribution in [2.24, 2.45) is 7.05 Å². The molecule has 0 aliphatic rings. The summed E-state index contributed by atoms with van der Waals surface area (Å²) in [5.74, 6) is 0.0876. The van der Waals surface area contributed by atoms with Crippen LogP contribution in [0, 0.1) is 0 Å². The fraction of sp³-hybridized carbons (Fsp3) is 0.286. The van der Waals surface area contributed by atoms with E-state index in [1.165, 1.54) is 0 Å². The zero-order valence-corrected chi connectivity index (χ0v) is 11.9. The smallest absolute Gasteiger partial charge is 0.251 e. The molecule has 2 amide bonds. The van der Waals surface area contributed by atoms with Gasteiger partial charge in [0.1, 0.15) is 6.33 Å². The van der Waals surface area contributed by atoms with Gasteiger partial charge in [-0.25, -0.2) is 0 Å². The molecule has 7 heteroatoms. The van der Waals surface area contributed by atoms with Crippen LogP contribution >= 0.6 is 0 Å². The van der Waals surface area contributed by atoms with Gasteiger partial charge in [-0.15, -0.1) is 10.2 Å². The highest BCUT2D eigenvalue weighted by molar-refractivity contribution is 5.96. The Kier molecular flexibility index (Phi) is 4.65. The van der Waals surface area contributed by atoms with Crippen LogP contribution in [-0.2, 0) is 11.8 Å². The van der Waals surface area contributed by atoms with Crippen LogP contribution in [0.25, 0.3) is 0 Å². The summed E-state index contributed by atoms with van der Waals surface area (Å²) >= 11 is 0. The number of benzene rings is 1. The van der Waals surface area contributed by atoms with Crippen LogP contribution in [0.5, 0.6) is 0 Å². The summed E-state index contributed by atoms with van der Waals surface area (Å²) in [6, 6.07) is 8.46. The molecule has 0 saturated carbocycles. The van der Waals surface area contributed by atoms with E-state index in [0.717, 1.165) is 0 Å². The number of hydrogen-bond acceptors (Lipinski definition) is 4. The van der Waals surface area contributed by atoms with Gasteiger partial charge < -0.3 is 15.2 Å². The number of hydrogen-bond donors (Lipinski definition) is 2. The zero-order chi connectivity index (χ0) is 15.2. The fourth-order valence-corrected chi connectivity index (χ4v) is 1.89. The average molecular weight is 287 g/mol. The van der Waals surface area contributed by atoms with E-state index in [4.69, 9.17) is 0 Å². The van der Waals surface area contributed by atoms with Gasteiger partial charge in [-0.05, 0) is 19.1 Å². The lowest BCUT2D eigenvalue weighted by molar-refractivity contribution is -0.120. The minimum absolute atomic E-state index is 0.0874. The summed E-state index contributed by atoms with van der Waals surface area (Å²) in [6.45, 7) is 1.72. The molecule has 7 nitrogen and oxygen atoms in total. The molecule has 2 aromatic rings. The SMILES string of the molecule is C[C@@H](NC(=O)CNC(=O)c1ccccc1)c1nncn1C. The number of nitrogens with one attached hydrogen (secondary N) is 2. The highest BCUT2D eigenvalue weighted by atomic mass is 16.2. The molecule has 1 atom stereocenters. The zero-order valence-electron chi connectivity index (χ0n) is 11.9. The molecule has 1 heterocycles. The normalized spacial score (nSPS) is 11.7. The lowest BCUT2D eigenvalue weighted by atomic mass is 10.2. The van der Waals surface area contributed by atoms with Crippen LogP contribution in [0.15, 0.2) is 36.7 Å². The summed E-state index contributed by atoms with van der Waals surface area (Å²) in [5.41, 5.74) is 0.520. The second-order valence-electron chi connectivity index (χ2n) is 4.64. The molecule has 0 spiro atoms. The monoisotopic (exact) mass is 287 g/mol. The molecule has 1 aromatic carbocycles. The molecule has 0 unspecified atom stereocenters. The highest BCUT2D eigenvalue weighted by Gasteiger charge is 2.14. The van der Waals surface area contributed by atoms with E-state index in [-0.39, 0.29) is 24.4 Å². The molecule has 21 heavy (non-hydrogen) atoms. The molecule has 0 aliphatic carbocycles. The van der Waals surface area contributed by atoms with Gasteiger partial charge in [-0.2, -0.15) is 0 Å². The Morgan fingerprint density at radius 3 is 2.62 bits per heavy atom. The second-order valence-corrected chi connectivity index (χ2v) is 4.64. The fourth-order valence-electron chi connectivity index (χ4n) is 1.89. The van der Waals surface area contributed by atoms with Crippen molar-refractivity contribution >= 4 is 11.8 Å². The third-order valence-electron chi connectivity index (χ3n) is 2.96. The number of rotatable bonds is 5. The summed E-state index contributed by atoms with van der Waals surface area (Å²) < 4.78 is 1.73. The lowest BCUT2D eigenvalue weighted by Crippen LogP contribution is -2.38. The molecule has 110 valence electrons. The van der Waals surface area contributed by atoms with Gasteiger partial charge in [-0.3, -0.25) is 9.59 Å². The maximum atomic E-state index is 11.8. The largest absolute Gasteiger partial charge is 0.345 e. The Balaban J connectivity index is 1.83. The Labute approximate surface area is 122 Å². The van der Waals surface area contributed by atoms with Crippen LogP contribution < -0.4 is 10.6 Å². The Bertz CT molecular complexity index is 623. The van der Waals surface area contributed by atoms with Crippen LogP contribution in [0.4, 0.5) is 0 Å². The van der Waals surface area contributed by atoms with Crippen molar-refractivity contribution in [1.82, 2.24) is 25.4 Å². The Morgan fingerprint density at radius 2 is 2.00 bits per heavy atom. The predicted molar refractivity (Wildman–Crippen MR) is 76.3 cm³/mol. The van der Waals surface area contributed by atoms with Gasteiger partial charge in [0.25, 0.3) is 5.91 Å². The molecule has 0 radical (unpaired) electrons. The number of carbonyl (C=O) groups is 2. The van der Waals surface area contributed by atoms with Crippen molar-refractivity contribution in [3.8, 4) is 0 Å². The number of amides is 2. The van der Waals surface area contributed by atoms with Gasteiger partial charge in [0.2, 0.25) is 5.91 Å². The maximum Gasteiger partial charge on any atom is 0.251 e. The third kappa shape index (κ3) is 3.88. The molecular weight excluding hydrogens is 270 g/mol. The van der Waals surface area contributed by atoms with Gasteiger partial charge in [0.15, 0.2) is 5.82 Å².